The van der Waals surface area contributed by atoms with E-state index in [1.54, 1.807) is 0 Å². The van der Waals surface area contributed by atoms with Crippen LogP contribution in [0, 0.1) is 0 Å². The summed E-state index contributed by atoms with van der Waals surface area (Å²) in [7, 11) is 1.41. The Morgan fingerprint density at radius 2 is 1.84 bits per heavy atom. The van der Waals surface area contributed by atoms with Crippen molar-refractivity contribution in [2.24, 2.45) is 5.73 Å². The molecule has 0 saturated heterocycles. The van der Waals surface area contributed by atoms with Gasteiger partial charge in [-0.3, -0.25) is 4.79 Å². The Morgan fingerprint density at radius 1 is 1.26 bits per heavy atom. The highest BCUT2D eigenvalue weighted by Gasteiger charge is 2.14. The smallest absolute Gasteiger partial charge is 0.305 e. The lowest BCUT2D eigenvalue weighted by Crippen LogP contribution is -2.14. The van der Waals surface area contributed by atoms with Crippen LogP contribution in [0.5, 0.6) is 0 Å². The van der Waals surface area contributed by atoms with Gasteiger partial charge in [0.25, 0.3) is 0 Å². The van der Waals surface area contributed by atoms with Crippen LogP contribution in [0.25, 0.3) is 0 Å². The zero-order valence-electron chi connectivity index (χ0n) is 12.4. The van der Waals surface area contributed by atoms with Gasteiger partial charge in [0, 0.05) is 12.5 Å². The van der Waals surface area contributed by atoms with Gasteiger partial charge in [0.1, 0.15) is 0 Å². The molecule has 2 N–H and O–H groups in total. The lowest BCUT2D eigenvalue weighted by Gasteiger charge is -2.20. The van der Waals surface area contributed by atoms with Crippen LogP contribution in [-0.4, -0.2) is 13.1 Å². The Bertz CT molecular complexity index is 404. The van der Waals surface area contributed by atoms with E-state index in [2.05, 4.69) is 49.8 Å². The number of benzene rings is 1. The van der Waals surface area contributed by atoms with Crippen LogP contribution in [0.1, 0.15) is 57.2 Å². The molecule has 0 bridgehead atoms. The number of rotatable bonds is 5. The maximum absolute atomic E-state index is 11.0. The molecule has 0 aliphatic carbocycles. The Labute approximate surface area is 116 Å². The molecule has 1 aromatic carbocycles. The van der Waals surface area contributed by atoms with E-state index in [4.69, 9.17) is 5.73 Å². The van der Waals surface area contributed by atoms with Gasteiger partial charge in [0.15, 0.2) is 0 Å². The lowest BCUT2D eigenvalue weighted by atomic mass is 9.86. The van der Waals surface area contributed by atoms with E-state index in [1.165, 1.54) is 12.7 Å². The van der Waals surface area contributed by atoms with Gasteiger partial charge in [-0.2, -0.15) is 0 Å². The summed E-state index contributed by atoms with van der Waals surface area (Å²) in [4.78, 5) is 11.0. The molecule has 0 saturated carbocycles. The Morgan fingerprint density at radius 3 is 2.32 bits per heavy atom. The van der Waals surface area contributed by atoms with Crippen LogP contribution in [0.15, 0.2) is 24.3 Å². The molecular formula is C16H25NO2. The van der Waals surface area contributed by atoms with Gasteiger partial charge in [-0.05, 0) is 29.4 Å². The average Bonchev–Trinajstić information content (AvgIpc) is 2.37. The molecule has 0 amide bonds. The third kappa shape index (κ3) is 5.03. The monoisotopic (exact) mass is 263 g/mol. The largest absolute Gasteiger partial charge is 0.469 e. The summed E-state index contributed by atoms with van der Waals surface area (Å²) in [6.07, 6.45) is 1.99. The number of hydrogen-bond acceptors (Lipinski definition) is 3. The molecule has 19 heavy (non-hydrogen) atoms. The highest BCUT2D eigenvalue weighted by Crippen LogP contribution is 2.24. The molecule has 0 fully saturated rings. The summed E-state index contributed by atoms with van der Waals surface area (Å²) < 4.78 is 4.61. The van der Waals surface area contributed by atoms with Crippen molar-refractivity contribution in [1.29, 1.82) is 0 Å². The minimum absolute atomic E-state index is 0.0151. The molecular weight excluding hydrogens is 238 g/mol. The zero-order valence-corrected chi connectivity index (χ0v) is 12.4. The fraction of sp³-hybridized carbons (Fsp3) is 0.562. The quantitative estimate of drug-likeness (QED) is 0.829. The van der Waals surface area contributed by atoms with Crippen molar-refractivity contribution in [3.8, 4) is 0 Å². The molecule has 0 radical (unpaired) electrons. The van der Waals surface area contributed by atoms with Crippen molar-refractivity contribution < 1.29 is 9.53 Å². The first kappa shape index (κ1) is 15.7. The molecule has 3 heteroatoms. The Hall–Kier alpha value is -1.35. The number of hydrogen-bond donors (Lipinski definition) is 1. The highest BCUT2D eigenvalue weighted by molar-refractivity contribution is 5.68. The van der Waals surface area contributed by atoms with Crippen LogP contribution in [0.2, 0.25) is 0 Å². The summed E-state index contributed by atoms with van der Waals surface area (Å²) in [5.41, 5.74) is 8.72. The van der Waals surface area contributed by atoms with Crippen molar-refractivity contribution in [1.82, 2.24) is 0 Å². The van der Waals surface area contributed by atoms with Crippen LogP contribution >= 0.6 is 0 Å². The fourth-order valence-corrected chi connectivity index (χ4v) is 1.97. The van der Waals surface area contributed by atoms with Gasteiger partial charge in [0.05, 0.1) is 7.11 Å². The summed E-state index contributed by atoms with van der Waals surface area (Å²) in [5.74, 6) is -0.171. The topological polar surface area (TPSA) is 52.3 Å². The second-order valence-electron chi connectivity index (χ2n) is 5.95. The van der Waals surface area contributed by atoms with Gasteiger partial charge in [-0.15, -0.1) is 0 Å². The third-order valence-electron chi connectivity index (χ3n) is 3.33. The maximum atomic E-state index is 11.0. The van der Waals surface area contributed by atoms with E-state index in [0.29, 0.717) is 6.42 Å². The first-order valence-corrected chi connectivity index (χ1v) is 6.77. The standard InChI is InChI=1S/C16H25NO2/c1-16(2,3)13-10-8-12(9-11-13)14(17)6-5-7-15(18)19-4/h8-11,14H,5-7,17H2,1-4H3. The number of methoxy groups -OCH3 is 1. The average molecular weight is 263 g/mol. The van der Waals surface area contributed by atoms with Crippen molar-refractivity contribution in [3.05, 3.63) is 35.4 Å². The molecule has 0 heterocycles. The molecule has 1 rings (SSSR count). The second-order valence-corrected chi connectivity index (χ2v) is 5.95. The third-order valence-corrected chi connectivity index (χ3v) is 3.33. The first-order valence-electron chi connectivity index (χ1n) is 6.77. The molecule has 0 aliphatic rings. The Balaban J connectivity index is 2.53. The minimum atomic E-state index is -0.171. The molecule has 1 aromatic rings. The summed E-state index contributed by atoms with van der Waals surface area (Å²) in [6.45, 7) is 6.58. The summed E-state index contributed by atoms with van der Waals surface area (Å²) in [6, 6.07) is 8.43. The van der Waals surface area contributed by atoms with Gasteiger partial charge >= 0.3 is 5.97 Å². The number of nitrogens with two attached hydrogens (primary N) is 1. The van der Waals surface area contributed by atoms with Gasteiger partial charge < -0.3 is 10.5 Å². The van der Waals surface area contributed by atoms with Gasteiger partial charge in [-0.25, -0.2) is 0 Å². The van der Waals surface area contributed by atoms with Gasteiger partial charge in [-0.1, -0.05) is 45.0 Å². The number of ether oxygens (including phenoxy) is 1. The van der Waals surface area contributed by atoms with Crippen molar-refractivity contribution in [2.75, 3.05) is 7.11 Å². The zero-order chi connectivity index (χ0) is 14.5. The molecule has 106 valence electrons. The van der Waals surface area contributed by atoms with Gasteiger partial charge in [0.2, 0.25) is 0 Å². The molecule has 0 spiro atoms. The molecule has 0 aromatic heterocycles. The summed E-state index contributed by atoms with van der Waals surface area (Å²) >= 11 is 0. The fourth-order valence-electron chi connectivity index (χ4n) is 1.97. The predicted octanol–water partition coefficient (Wildman–Crippen LogP) is 3.33. The molecule has 1 atom stereocenters. The van der Waals surface area contributed by atoms with E-state index in [9.17, 15) is 4.79 Å². The number of esters is 1. The number of carbonyl (C=O) groups excluding carboxylic acids is 1. The minimum Gasteiger partial charge on any atom is -0.469 e. The molecule has 0 aliphatic heterocycles. The lowest BCUT2D eigenvalue weighted by molar-refractivity contribution is -0.140. The van der Waals surface area contributed by atoms with E-state index in [1.807, 2.05) is 0 Å². The van der Waals surface area contributed by atoms with Crippen LogP contribution in [-0.2, 0) is 14.9 Å². The first-order chi connectivity index (χ1) is 8.84. The van der Waals surface area contributed by atoms with Crippen LogP contribution in [0.3, 0.4) is 0 Å². The highest BCUT2D eigenvalue weighted by atomic mass is 16.5. The predicted molar refractivity (Wildman–Crippen MR) is 77.9 cm³/mol. The normalized spacial score (nSPS) is 13.1. The van der Waals surface area contributed by atoms with E-state index >= 15 is 0 Å². The van der Waals surface area contributed by atoms with Crippen molar-refractivity contribution in [3.63, 3.8) is 0 Å². The summed E-state index contributed by atoms with van der Waals surface area (Å²) in [5, 5.41) is 0. The van der Waals surface area contributed by atoms with Crippen LogP contribution < -0.4 is 5.73 Å². The van der Waals surface area contributed by atoms with E-state index < -0.39 is 0 Å². The molecule has 3 nitrogen and oxygen atoms in total. The Kier molecular flexibility index (Phi) is 5.55. The molecule has 1 unspecified atom stereocenters. The maximum Gasteiger partial charge on any atom is 0.305 e. The van der Waals surface area contributed by atoms with Crippen LogP contribution in [0.4, 0.5) is 0 Å². The number of carbonyl (C=O) groups is 1. The van der Waals surface area contributed by atoms with Crippen molar-refractivity contribution >= 4 is 5.97 Å². The van der Waals surface area contributed by atoms with E-state index in [-0.39, 0.29) is 17.4 Å². The van der Waals surface area contributed by atoms with E-state index in [0.717, 1.165) is 18.4 Å². The SMILES string of the molecule is COC(=O)CCCC(N)c1ccc(C(C)(C)C)cc1. The van der Waals surface area contributed by atoms with Crippen molar-refractivity contribution in [2.45, 2.75) is 51.5 Å². The second kappa shape index (κ2) is 6.71.